The van der Waals surface area contributed by atoms with Gasteiger partial charge in [0, 0.05) is 37.0 Å². The van der Waals surface area contributed by atoms with E-state index in [1.807, 2.05) is 4.90 Å². The van der Waals surface area contributed by atoms with Crippen molar-refractivity contribution in [3.63, 3.8) is 0 Å². The molecule has 0 radical (unpaired) electrons. The maximum Gasteiger partial charge on any atom is 0.264 e. The normalized spacial score (nSPS) is 14.7. The highest BCUT2D eigenvalue weighted by Crippen LogP contribution is 2.31. The summed E-state index contributed by atoms with van der Waals surface area (Å²) in [6.07, 6.45) is -1.53. The van der Waals surface area contributed by atoms with Gasteiger partial charge in [0.05, 0.1) is 19.8 Å². The summed E-state index contributed by atoms with van der Waals surface area (Å²) in [7, 11) is 0. The fraction of sp³-hybridized carbons (Fsp3) is 0.467. The first kappa shape index (κ1) is 18.1. The lowest BCUT2D eigenvalue weighted by molar-refractivity contribution is 0.122. The number of halogens is 2. The molecule has 9 nitrogen and oxygen atoms in total. The number of ether oxygens (including phenoxy) is 1. The molecule has 0 saturated carbocycles. The van der Waals surface area contributed by atoms with Crippen molar-refractivity contribution in [2.24, 2.45) is 0 Å². The first-order valence-electron chi connectivity index (χ1n) is 8.06. The quantitative estimate of drug-likeness (QED) is 0.677. The highest BCUT2D eigenvalue weighted by atomic mass is 19.3. The monoisotopic (exact) mass is 367 g/mol. The maximum absolute atomic E-state index is 13.4. The van der Waals surface area contributed by atoms with Gasteiger partial charge in [0.1, 0.15) is 5.82 Å². The lowest BCUT2D eigenvalue weighted by Gasteiger charge is -2.27. The Morgan fingerprint density at radius 1 is 1.27 bits per heavy atom. The van der Waals surface area contributed by atoms with Gasteiger partial charge >= 0.3 is 0 Å². The number of alkyl halides is 2. The van der Waals surface area contributed by atoms with Crippen LogP contribution in [0.3, 0.4) is 0 Å². The van der Waals surface area contributed by atoms with Crippen LogP contribution in [0.5, 0.6) is 0 Å². The lowest BCUT2D eigenvalue weighted by atomic mass is 10.1. The molecule has 3 heterocycles. The summed E-state index contributed by atoms with van der Waals surface area (Å²) in [6, 6.07) is 1.11. The molecule has 1 saturated heterocycles. The van der Waals surface area contributed by atoms with Gasteiger partial charge in [0.25, 0.3) is 6.43 Å². The summed E-state index contributed by atoms with van der Waals surface area (Å²) in [4.78, 5) is 18.6. The molecule has 11 heteroatoms. The van der Waals surface area contributed by atoms with E-state index in [4.69, 9.17) is 15.6 Å². The van der Waals surface area contributed by atoms with Gasteiger partial charge in [-0.25, -0.2) is 13.8 Å². The van der Waals surface area contributed by atoms with Crippen molar-refractivity contribution in [1.82, 2.24) is 19.9 Å². The van der Waals surface area contributed by atoms with Crippen molar-refractivity contribution < 1.29 is 18.6 Å². The molecule has 1 fully saturated rings. The van der Waals surface area contributed by atoms with Crippen molar-refractivity contribution in [2.75, 3.05) is 55.4 Å². The Kier molecular flexibility index (Phi) is 5.68. The fourth-order valence-electron chi connectivity index (χ4n) is 2.49. The second kappa shape index (κ2) is 8.15. The van der Waals surface area contributed by atoms with E-state index in [9.17, 15) is 8.78 Å². The summed E-state index contributed by atoms with van der Waals surface area (Å²) >= 11 is 0. The summed E-state index contributed by atoms with van der Waals surface area (Å²) in [5, 5.41) is 11.8. The molecule has 0 atom stereocenters. The summed E-state index contributed by atoms with van der Waals surface area (Å²) < 4.78 is 32.2. The molecule has 2 aromatic heterocycles. The molecule has 0 bridgehead atoms. The number of nitrogens with two attached hydrogens (primary N) is 1. The van der Waals surface area contributed by atoms with E-state index in [0.717, 1.165) is 6.07 Å². The molecule has 0 spiro atoms. The SMILES string of the molecule is Nc1cc(C(F)F)c(-c2nc(NCCO)nc(N3CCOCC3)n2)cn1. The van der Waals surface area contributed by atoms with Crippen LogP contribution in [-0.4, -0.2) is 64.5 Å². The van der Waals surface area contributed by atoms with Crippen LogP contribution in [0, 0.1) is 0 Å². The summed E-state index contributed by atoms with van der Waals surface area (Å²) in [5.41, 5.74) is 5.31. The lowest BCUT2D eigenvalue weighted by Crippen LogP contribution is -2.37. The van der Waals surface area contributed by atoms with Crippen molar-refractivity contribution in [1.29, 1.82) is 0 Å². The predicted molar refractivity (Wildman–Crippen MR) is 91.0 cm³/mol. The van der Waals surface area contributed by atoms with Gasteiger partial charge in [0.2, 0.25) is 11.9 Å². The van der Waals surface area contributed by atoms with Gasteiger partial charge in [-0.05, 0) is 6.07 Å². The molecule has 3 rings (SSSR count). The van der Waals surface area contributed by atoms with Crippen molar-refractivity contribution in [2.45, 2.75) is 6.43 Å². The third-order valence-corrected chi connectivity index (χ3v) is 3.75. The Morgan fingerprint density at radius 2 is 2.04 bits per heavy atom. The van der Waals surface area contributed by atoms with E-state index < -0.39 is 6.43 Å². The molecule has 26 heavy (non-hydrogen) atoms. The zero-order chi connectivity index (χ0) is 18.5. The molecule has 0 aliphatic carbocycles. The molecule has 1 aliphatic heterocycles. The van der Waals surface area contributed by atoms with E-state index in [2.05, 4.69) is 25.3 Å². The van der Waals surface area contributed by atoms with Gasteiger partial charge in [-0.15, -0.1) is 0 Å². The Bertz CT molecular complexity index is 757. The Hall–Kier alpha value is -2.66. The van der Waals surface area contributed by atoms with Gasteiger partial charge in [-0.2, -0.15) is 15.0 Å². The van der Waals surface area contributed by atoms with Crippen molar-refractivity contribution in [3.8, 4) is 11.4 Å². The number of anilines is 3. The van der Waals surface area contributed by atoms with E-state index in [1.165, 1.54) is 6.20 Å². The minimum Gasteiger partial charge on any atom is -0.395 e. The van der Waals surface area contributed by atoms with Gasteiger partial charge < -0.3 is 25.8 Å². The zero-order valence-electron chi connectivity index (χ0n) is 13.9. The Morgan fingerprint density at radius 3 is 2.73 bits per heavy atom. The van der Waals surface area contributed by atoms with Crippen LogP contribution in [0.2, 0.25) is 0 Å². The number of hydrogen-bond acceptors (Lipinski definition) is 9. The van der Waals surface area contributed by atoms with Gasteiger partial charge in [-0.1, -0.05) is 0 Å². The number of aromatic nitrogens is 4. The topological polar surface area (TPSA) is 122 Å². The summed E-state index contributed by atoms with van der Waals surface area (Å²) in [6.45, 7) is 2.28. The third kappa shape index (κ3) is 4.11. The van der Waals surface area contributed by atoms with Crippen molar-refractivity contribution >= 4 is 17.7 Å². The number of nitrogen functional groups attached to an aromatic ring is 1. The second-order valence-electron chi connectivity index (χ2n) is 5.53. The highest BCUT2D eigenvalue weighted by Gasteiger charge is 2.21. The van der Waals surface area contributed by atoms with Gasteiger partial charge in [-0.3, -0.25) is 0 Å². The number of morpholine rings is 1. The van der Waals surface area contributed by atoms with Crippen LogP contribution in [0.1, 0.15) is 12.0 Å². The smallest absolute Gasteiger partial charge is 0.264 e. The average molecular weight is 367 g/mol. The molecule has 0 amide bonds. The van der Waals surface area contributed by atoms with Crippen LogP contribution < -0.4 is 16.0 Å². The van der Waals surface area contributed by atoms with Crippen LogP contribution in [0.25, 0.3) is 11.4 Å². The molecular formula is C15H19F2N7O2. The Balaban J connectivity index is 2.05. The predicted octanol–water partition coefficient (Wildman–Crippen LogP) is 0.694. The molecular weight excluding hydrogens is 348 g/mol. The molecule has 2 aromatic rings. The largest absolute Gasteiger partial charge is 0.395 e. The van der Waals surface area contributed by atoms with Crippen LogP contribution in [-0.2, 0) is 4.74 Å². The number of aliphatic hydroxyl groups excluding tert-OH is 1. The van der Waals surface area contributed by atoms with Gasteiger partial charge in [0.15, 0.2) is 5.82 Å². The second-order valence-corrected chi connectivity index (χ2v) is 5.53. The summed E-state index contributed by atoms with van der Waals surface area (Å²) in [5.74, 6) is 0.577. The average Bonchev–Trinajstić information content (AvgIpc) is 2.66. The minimum atomic E-state index is -2.76. The Labute approximate surface area is 148 Å². The number of pyridine rings is 1. The standard InChI is InChI=1S/C15H19F2N7O2/c16-12(17)9-7-11(18)20-8-10(9)13-21-14(19-1-4-25)23-15(22-13)24-2-5-26-6-3-24/h7-8,12,25H,1-6H2,(H2,18,20)(H,19,21,22,23). The zero-order valence-corrected chi connectivity index (χ0v) is 13.9. The fourth-order valence-corrected chi connectivity index (χ4v) is 2.49. The number of rotatable bonds is 6. The number of hydrogen-bond donors (Lipinski definition) is 3. The van der Waals surface area contributed by atoms with Crippen LogP contribution in [0.4, 0.5) is 26.5 Å². The molecule has 0 unspecified atom stereocenters. The first-order valence-corrected chi connectivity index (χ1v) is 8.06. The van der Waals surface area contributed by atoms with Crippen LogP contribution >= 0.6 is 0 Å². The van der Waals surface area contributed by atoms with E-state index in [-0.39, 0.29) is 41.9 Å². The number of nitrogens with one attached hydrogen (secondary N) is 1. The molecule has 4 N–H and O–H groups in total. The molecule has 1 aliphatic rings. The number of nitrogens with zero attached hydrogens (tertiary/aromatic N) is 5. The van der Waals surface area contributed by atoms with Crippen molar-refractivity contribution in [3.05, 3.63) is 17.8 Å². The number of aliphatic hydroxyl groups is 1. The van der Waals surface area contributed by atoms with E-state index in [0.29, 0.717) is 32.3 Å². The van der Waals surface area contributed by atoms with E-state index >= 15 is 0 Å². The maximum atomic E-state index is 13.4. The minimum absolute atomic E-state index is 0.00913. The molecule has 140 valence electrons. The third-order valence-electron chi connectivity index (χ3n) is 3.75. The molecule has 0 aromatic carbocycles. The van der Waals surface area contributed by atoms with E-state index in [1.54, 1.807) is 0 Å². The van der Waals surface area contributed by atoms with Crippen LogP contribution in [0.15, 0.2) is 12.3 Å². The highest BCUT2D eigenvalue weighted by molar-refractivity contribution is 5.64. The first-order chi connectivity index (χ1) is 12.6.